The van der Waals surface area contributed by atoms with Crippen LogP contribution in [0.4, 0.5) is 4.79 Å². The molecule has 1 aliphatic rings. The molecule has 1 heterocycles. The zero-order valence-corrected chi connectivity index (χ0v) is 15.6. The average molecular weight is 368 g/mol. The average Bonchev–Trinajstić information content (AvgIpc) is 2.91. The maximum atomic E-state index is 12.8. The highest BCUT2D eigenvalue weighted by atomic mass is 16.5. The first-order chi connectivity index (χ1) is 13.0. The van der Waals surface area contributed by atoms with E-state index in [2.05, 4.69) is 5.32 Å². The molecule has 0 bridgehead atoms. The maximum Gasteiger partial charge on any atom is 0.325 e. The Bertz CT molecular complexity index is 792. The smallest absolute Gasteiger partial charge is 0.325 e. The summed E-state index contributed by atoms with van der Waals surface area (Å²) in [7, 11) is 1.60. The molecule has 1 atom stereocenters. The zero-order valence-electron chi connectivity index (χ0n) is 15.6. The third-order valence-electron chi connectivity index (χ3n) is 4.74. The van der Waals surface area contributed by atoms with Crippen molar-refractivity contribution in [1.82, 2.24) is 10.2 Å². The molecule has 3 amide bonds. The number of nitrogens with one attached hydrogen (secondary N) is 1. The van der Waals surface area contributed by atoms with E-state index in [1.54, 1.807) is 38.3 Å². The van der Waals surface area contributed by atoms with Gasteiger partial charge in [0, 0.05) is 0 Å². The number of hydrogen-bond donors (Lipinski definition) is 1. The van der Waals surface area contributed by atoms with Crippen molar-refractivity contribution in [3.8, 4) is 11.5 Å². The largest absolute Gasteiger partial charge is 0.497 e. The van der Waals surface area contributed by atoms with E-state index in [-0.39, 0.29) is 25.1 Å². The molecule has 6 nitrogen and oxygen atoms in total. The van der Waals surface area contributed by atoms with Gasteiger partial charge in [-0.05, 0) is 49.6 Å². The van der Waals surface area contributed by atoms with Gasteiger partial charge >= 0.3 is 6.03 Å². The highest BCUT2D eigenvalue weighted by Gasteiger charge is 2.47. The van der Waals surface area contributed by atoms with Crippen LogP contribution in [0.5, 0.6) is 11.5 Å². The number of nitrogens with zero attached hydrogens (tertiary/aromatic N) is 1. The standard InChI is InChI=1S/C21H24N2O4/c1-21(13-12-16-6-4-3-5-7-16)19(24)23(20(25)22-21)14-15-27-18-10-8-17(26-2)9-11-18/h3-11H,12-15H2,1-2H3,(H,22,25)/t21-/m1/s1. The summed E-state index contributed by atoms with van der Waals surface area (Å²) in [6.45, 7) is 2.22. The van der Waals surface area contributed by atoms with Crippen molar-refractivity contribution in [2.24, 2.45) is 0 Å². The Morgan fingerprint density at radius 2 is 1.67 bits per heavy atom. The number of aryl methyl sites for hydroxylation is 1. The summed E-state index contributed by atoms with van der Waals surface area (Å²) in [5.74, 6) is 1.20. The van der Waals surface area contributed by atoms with Gasteiger partial charge in [0.05, 0.1) is 13.7 Å². The minimum absolute atomic E-state index is 0.206. The Kier molecular flexibility index (Phi) is 5.64. The van der Waals surface area contributed by atoms with Crippen molar-refractivity contribution >= 4 is 11.9 Å². The molecule has 2 aromatic carbocycles. The lowest BCUT2D eigenvalue weighted by Crippen LogP contribution is -2.44. The molecule has 1 aliphatic heterocycles. The summed E-state index contributed by atoms with van der Waals surface area (Å²) in [6.07, 6.45) is 1.27. The fraction of sp³-hybridized carbons (Fsp3) is 0.333. The van der Waals surface area contributed by atoms with Crippen LogP contribution in [0.2, 0.25) is 0 Å². The van der Waals surface area contributed by atoms with Gasteiger partial charge in [-0.2, -0.15) is 0 Å². The highest BCUT2D eigenvalue weighted by molar-refractivity contribution is 6.06. The lowest BCUT2D eigenvalue weighted by molar-refractivity contribution is -0.131. The summed E-state index contributed by atoms with van der Waals surface area (Å²) in [5, 5.41) is 2.83. The SMILES string of the molecule is COc1ccc(OCCN2C(=O)N[C@](C)(CCc3ccccc3)C2=O)cc1. The molecule has 27 heavy (non-hydrogen) atoms. The molecule has 142 valence electrons. The highest BCUT2D eigenvalue weighted by Crippen LogP contribution is 2.23. The number of methoxy groups -OCH3 is 1. The topological polar surface area (TPSA) is 67.9 Å². The molecule has 1 saturated heterocycles. The molecule has 0 unspecified atom stereocenters. The van der Waals surface area contributed by atoms with Crippen LogP contribution in [-0.2, 0) is 11.2 Å². The lowest BCUT2D eigenvalue weighted by Gasteiger charge is -2.21. The molecule has 0 spiro atoms. The van der Waals surface area contributed by atoms with E-state index in [0.717, 1.165) is 17.7 Å². The van der Waals surface area contributed by atoms with Crippen LogP contribution >= 0.6 is 0 Å². The van der Waals surface area contributed by atoms with Gasteiger partial charge in [0.1, 0.15) is 23.6 Å². The number of ether oxygens (including phenoxy) is 2. The monoisotopic (exact) mass is 368 g/mol. The molecule has 0 radical (unpaired) electrons. The molecule has 3 rings (SSSR count). The number of hydrogen-bond acceptors (Lipinski definition) is 4. The Morgan fingerprint density at radius 3 is 2.33 bits per heavy atom. The van der Waals surface area contributed by atoms with Crippen LogP contribution < -0.4 is 14.8 Å². The normalized spacial score (nSPS) is 19.1. The van der Waals surface area contributed by atoms with E-state index in [4.69, 9.17) is 9.47 Å². The zero-order chi connectivity index (χ0) is 19.3. The first-order valence-corrected chi connectivity index (χ1v) is 8.97. The van der Waals surface area contributed by atoms with Crippen molar-refractivity contribution in [3.63, 3.8) is 0 Å². The van der Waals surface area contributed by atoms with Crippen LogP contribution in [0.25, 0.3) is 0 Å². The number of carbonyl (C=O) groups excluding carboxylic acids is 2. The van der Waals surface area contributed by atoms with Gasteiger partial charge < -0.3 is 14.8 Å². The van der Waals surface area contributed by atoms with Crippen molar-refractivity contribution < 1.29 is 19.1 Å². The second kappa shape index (κ2) is 8.12. The summed E-state index contributed by atoms with van der Waals surface area (Å²) in [6, 6.07) is 16.7. The number of carbonyl (C=O) groups is 2. The Balaban J connectivity index is 1.53. The molecule has 6 heteroatoms. The van der Waals surface area contributed by atoms with Crippen molar-refractivity contribution in [1.29, 1.82) is 0 Å². The molecule has 0 aromatic heterocycles. The van der Waals surface area contributed by atoms with Crippen molar-refractivity contribution in [2.75, 3.05) is 20.3 Å². The molecule has 1 fully saturated rings. The first kappa shape index (κ1) is 18.8. The number of rotatable bonds is 8. The fourth-order valence-corrected chi connectivity index (χ4v) is 3.09. The van der Waals surface area contributed by atoms with E-state index in [1.165, 1.54) is 4.90 Å². The van der Waals surface area contributed by atoms with E-state index in [1.807, 2.05) is 30.3 Å². The van der Waals surface area contributed by atoms with Gasteiger partial charge in [0.2, 0.25) is 0 Å². The molecule has 0 saturated carbocycles. The van der Waals surface area contributed by atoms with Gasteiger partial charge in [-0.25, -0.2) is 4.79 Å². The van der Waals surface area contributed by atoms with E-state index >= 15 is 0 Å². The molecular weight excluding hydrogens is 344 g/mol. The van der Waals surface area contributed by atoms with Crippen LogP contribution in [-0.4, -0.2) is 42.6 Å². The third kappa shape index (κ3) is 4.39. The van der Waals surface area contributed by atoms with Crippen LogP contribution in [0.1, 0.15) is 18.9 Å². The molecule has 2 aromatic rings. The predicted octanol–water partition coefficient (Wildman–Crippen LogP) is 3.02. The van der Waals surface area contributed by atoms with E-state index in [9.17, 15) is 9.59 Å². The number of amides is 3. The Morgan fingerprint density at radius 1 is 1.00 bits per heavy atom. The van der Waals surface area contributed by atoms with Crippen molar-refractivity contribution in [2.45, 2.75) is 25.3 Å². The summed E-state index contributed by atoms with van der Waals surface area (Å²) >= 11 is 0. The van der Waals surface area contributed by atoms with E-state index in [0.29, 0.717) is 12.2 Å². The van der Waals surface area contributed by atoms with Crippen LogP contribution in [0.3, 0.4) is 0 Å². The summed E-state index contributed by atoms with van der Waals surface area (Å²) in [4.78, 5) is 26.2. The van der Waals surface area contributed by atoms with Crippen LogP contribution in [0, 0.1) is 0 Å². The minimum atomic E-state index is -0.882. The number of benzene rings is 2. The summed E-state index contributed by atoms with van der Waals surface area (Å²) in [5.41, 5.74) is 0.259. The molecular formula is C21H24N2O4. The maximum absolute atomic E-state index is 12.8. The second-order valence-corrected chi connectivity index (χ2v) is 6.73. The number of imide groups is 1. The lowest BCUT2D eigenvalue weighted by atomic mass is 9.93. The molecule has 1 N–H and O–H groups in total. The van der Waals surface area contributed by atoms with Gasteiger partial charge in [-0.3, -0.25) is 9.69 Å². The van der Waals surface area contributed by atoms with Gasteiger partial charge in [0.25, 0.3) is 5.91 Å². The van der Waals surface area contributed by atoms with Gasteiger partial charge in [0.15, 0.2) is 0 Å². The Labute approximate surface area is 159 Å². The number of urea groups is 1. The first-order valence-electron chi connectivity index (χ1n) is 8.97. The molecule has 0 aliphatic carbocycles. The van der Waals surface area contributed by atoms with Gasteiger partial charge in [-0.15, -0.1) is 0 Å². The van der Waals surface area contributed by atoms with Gasteiger partial charge in [-0.1, -0.05) is 30.3 Å². The van der Waals surface area contributed by atoms with E-state index < -0.39 is 5.54 Å². The second-order valence-electron chi connectivity index (χ2n) is 6.73. The fourth-order valence-electron chi connectivity index (χ4n) is 3.09. The van der Waals surface area contributed by atoms with Crippen molar-refractivity contribution in [3.05, 3.63) is 60.2 Å². The van der Waals surface area contributed by atoms with Crippen LogP contribution in [0.15, 0.2) is 54.6 Å². The minimum Gasteiger partial charge on any atom is -0.497 e. The predicted molar refractivity (Wildman–Crippen MR) is 102 cm³/mol. The summed E-state index contributed by atoms with van der Waals surface area (Å²) < 4.78 is 10.7. The Hall–Kier alpha value is -3.02. The third-order valence-corrected chi connectivity index (χ3v) is 4.74. The quantitative estimate of drug-likeness (QED) is 0.728.